The third kappa shape index (κ3) is 3.41. The van der Waals surface area contributed by atoms with Gasteiger partial charge >= 0.3 is 0 Å². The van der Waals surface area contributed by atoms with Gasteiger partial charge in [-0.3, -0.25) is 9.69 Å². The van der Waals surface area contributed by atoms with Crippen LogP contribution >= 0.6 is 11.6 Å². The molecule has 0 bridgehead atoms. The van der Waals surface area contributed by atoms with Crippen LogP contribution in [0.3, 0.4) is 0 Å². The van der Waals surface area contributed by atoms with E-state index in [1.807, 2.05) is 17.7 Å². The number of nitrogens with zero attached hydrogens (tertiary/aromatic N) is 3. The van der Waals surface area contributed by atoms with Crippen LogP contribution in [0.4, 0.5) is 0 Å². The molecule has 0 radical (unpaired) electrons. The summed E-state index contributed by atoms with van der Waals surface area (Å²) in [6, 6.07) is 7.12. The number of rotatable bonds is 5. The number of aryl methyl sites for hydroxylation is 1. The highest BCUT2D eigenvalue weighted by atomic mass is 35.5. The van der Waals surface area contributed by atoms with E-state index in [0.29, 0.717) is 46.0 Å². The van der Waals surface area contributed by atoms with Crippen molar-refractivity contribution in [3.63, 3.8) is 0 Å². The summed E-state index contributed by atoms with van der Waals surface area (Å²) in [5.74, 6) is -0.331. The van der Waals surface area contributed by atoms with Gasteiger partial charge in [0.2, 0.25) is 5.43 Å². The van der Waals surface area contributed by atoms with Gasteiger partial charge in [-0.05, 0) is 12.5 Å². The summed E-state index contributed by atoms with van der Waals surface area (Å²) in [6.07, 6.45) is 0.606. The molecule has 3 aromatic rings. The maximum Gasteiger partial charge on any atom is 0.235 e. The van der Waals surface area contributed by atoms with Gasteiger partial charge in [0.05, 0.1) is 41.6 Å². The number of benzene rings is 1. The molecule has 0 aliphatic carbocycles. The minimum atomic E-state index is -0.418. The Hall–Kier alpha value is -2.35. The maximum absolute atomic E-state index is 12.9. The number of nitrogens with one attached hydrogen (secondary N) is 1. The molecule has 3 heterocycles. The number of halogens is 1. The molecule has 0 saturated carbocycles. The number of pyridine rings is 1. The standard InChI is InChI=1S/C20H23ClN4O3/c1-2-15-16-18(26)19(27)17(13-5-3-4-6-14(13)21)22-20(16)25(23-15)8-7-24-9-11-28-12-10-24/h3-6,27H,2,7-12H2,1H3,(H,22,26). The number of aromatic hydroxyl groups is 1. The van der Waals surface area contributed by atoms with Gasteiger partial charge in [-0.2, -0.15) is 5.10 Å². The molecule has 1 fully saturated rings. The molecule has 0 unspecified atom stereocenters. The van der Waals surface area contributed by atoms with Crippen LogP contribution in [0.1, 0.15) is 12.6 Å². The van der Waals surface area contributed by atoms with Gasteiger partial charge in [0.1, 0.15) is 5.65 Å². The number of aromatic amines is 1. The number of H-pyrrole nitrogens is 1. The summed E-state index contributed by atoms with van der Waals surface area (Å²) >= 11 is 6.30. The Morgan fingerprint density at radius 2 is 2.00 bits per heavy atom. The Bertz CT molecular complexity index is 1050. The Morgan fingerprint density at radius 1 is 1.25 bits per heavy atom. The molecular weight excluding hydrogens is 380 g/mol. The molecule has 1 aromatic carbocycles. The number of hydrogen-bond donors (Lipinski definition) is 2. The van der Waals surface area contributed by atoms with Crippen LogP contribution in [-0.2, 0) is 17.7 Å². The van der Waals surface area contributed by atoms with E-state index in [-0.39, 0.29) is 5.75 Å². The fourth-order valence-electron chi connectivity index (χ4n) is 3.62. The second-order valence-electron chi connectivity index (χ2n) is 6.86. The van der Waals surface area contributed by atoms with Gasteiger partial charge < -0.3 is 14.8 Å². The molecule has 148 valence electrons. The van der Waals surface area contributed by atoms with Gasteiger partial charge in [-0.15, -0.1) is 0 Å². The van der Waals surface area contributed by atoms with Gasteiger partial charge in [0.15, 0.2) is 5.75 Å². The molecule has 7 nitrogen and oxygen atoms in total. The Balaban J connectivity index is 1.80. The molecule has 0 atom stereocenters. The van der Waals surface area contributed by atoms with Crippen LogP contribution < -0.4 is 5.43 Å². The topological polar surface area (TPSA) is 83.4 Å². The van der Waals surface area contributed by atoms with Crippen molar-refractivity contribution in [1.82, 2.24) is 19.7 Å². The third-order valence-corrected chi connectivity index (χ3v) is 5.49. The molecule has 1 saturated heterocycles. The van der Waals surface area contributed by atoms with Crippen LogP contribution in [0.25, 0.3) is 22.3 Å². The average Bonchev–Trinajstić information content (AvgIpc) is 3.08. The Labute approximate surface area is 167 Å². The molecule has 28 heavy (non-hydrogen) atoms. The molecule has 1 aliphatic heterocycles. The smallest absolute Gasteiger partial charge is 0.235 e. The summed E-state index contributed by atoms with van der Waals surface area (Å²) in [5, 5.41) is 16.1. The summed E-state index contributed by atoms with van der Waals surface area (Å²) in [5.41, 5.74) is 1.78. The monoisotopic (exact) mass is 402 g/mol. The van der Waals surface area contributed by atoms with Crippen LogP contribution in [0, 0.1) is 0 Å². The lowest BCUT2D eigenvalue weighted by atomic mass is 10.1. The van der Waals surface area contributed by atoms with E-state index in [4.69, 9.17) is 16.3 Å². The molecule has 8 heteroatoms. The van der Waals surface area contributed by atoms with E-state index in [1.165, 1.54) is 0 Å². The first-order chi connectivity index (χ1) is 13.6. The quantitative estimate of drug-likeness (QED) is 0.685. The highest BCUT2D eigenvalue weighted by molar-refractivity contribution is 6.33. The Kier molecular flexibility index (Phi) is 5.39. The number of ether oxygens (including phenoxy) is 1. The predicted molar refractivity (Wildman–Crippen MR) is 109 cm³/mol. The Morgan fingerprint density at radius 3 is 2.71 bits per heavy atom. The van der Waals surface area contributed by atoms with Crippen LogP contribution in [0.15, 0.2) is 29.1 Å². The van der Waals surface area contributed by atoms with Crippen molar-refractivity contribution in [3.05, 3.63) is 45.2 Å². The fraction of sp³-hybridized carbons (Fsp3) is 0.400. The fourth-order valence-corrected chi connectivity index (χ4v) is 3.85. The van der Waals surface area contributed by atoms with E-state index in [1.54, 1.807) is 18.2 Å². The lowest BCUT2D eigenvalue weighted by molar-refractivity contribution is 0.0361. The first kappa shape index (κ1) is 19.0. The first-order valence-electron chi connectivity index (χ1n) is 9.49. The lowest BCUT2D eigenvalue weighted by Crippen LogP contribution is -2.38. The van der Waals surface area contributed by atoms with E-state index in [0.717, 1.165) is 32.8 Å². The van der Waals surface area contributed by atoms with Crippen LogP contribution in [0.2, 0.25) is 5.02 Å². The van der Waals surface area contributed by atoms with E-state index < -0.39 is 5.43 Å². The molecule has 0 spiro atoms. The molecule has 4 rings (SSSR count). The largest absolute Gasteiger partial charge is 0.503 e. The van der Waals surface area contributed by atoms with Crippen molar-refractivity contribution in [3.8, 4) is 17.0 Å². The van der Waals surface area contributed by atoms with E-state index >= 15 is 0 Å². The third-order valence-electron chi connectivity index (χ3n) is 5.16. The van der Waals surface area contributed by atoms with Crippen molar-refractivity contribution in [2.24, 2.45) is 0 Å². The van der Waals surface area contributed by atoms with Gasteiger partial charge in [-0.1, -0.05) is 36.7 Å². The zero-order chi connectivity index (χ0) is 19.7. The van der Waals surface area contributed by atoms with Crippen LogP contribution in [0.5, 0.6) is 5.75 Å². The van der Waals surface area contributed by atoms with E-state index in [9.17, 15) is 9.90 Å². The van der Waals surface area contributed by atoms with E-state index in [2.05, 4.69) is 15.0 Å². The van der Waals surface area contributed by atoms with Gasteiger partial charge in [-0.25, -0.2) is 4.68 Å². The second kappa shape index (κ2) is 7.95. The highest BCUT2D eigenvalue weighted by Crippen LogP contribution is 2.32. The van der Waals surface area contributed by atoms with Crippen LogP contribution in [-0.4, -0.2) is 57.6 Å². The lowest BCUT2D eigenvalue weighted by Gasteiger charge is -2.26. The van der Waals surface area contributed by atoms with Gasteiger partial charge in [0.25, 0.3) is 0 Å². The summed E-state index contributed by atoms with van der Waals surface area (Å²) < 4.78 is 7.22. The number of hydrogen-bond acceptors (Lipinski definition) is 5. The zero-order valence-electron chi connectivity index (χ0n) is 15.7. The highest BCUT2D eigenvalue weighted by Gasteiger charge is 2.21. The SMILES string of the molecule is CCc1nn(CCN2CCOCC2)c2[nH]c(-c3ccccc3Cl)c(O)c(=O)c12. The molecular formula is C20H23ClN4O3. The minimum Gasteiger partial charge on any atom is -0.503 e. The minimum absolute atomic E-state index is 0.318. The van der Waals surface area contributed by atoms with Crippen molar-refractivity contribution in [2.75, 3.05) is 32.8 Å². The first-order valence-corrected chi connectivity index (χ1v) is 9.87. The van der Waals surface area contributed by atoms with Crippen molar-refractivity contribution in [2.45, 2.75) is 19.9 Å². The number of fused-ring (bicyclic) bond motifs is 1. The summed E-state index contributed by atoms with van der Waals surface area (Å²) in [4.78, 5) is 18.5. The summed E-state index contributed by atoms with van der Waals surface area (Å²) in [6.45, 7) is 6.66. The molecule has 1 aliphatic rings. The number of morpholine rings is 1. The predicted octanol–water partition coefficient (Wildman–Crippen LogP) is 2.65. The van der Waals surface area contributed by atoms with Crippen molar-refractivity contribution in [1.29, 1.82) is 0 Å². The second-order valence-corrected chi connectivity index (χ2v) is 7.27. The summed E-state index contributed by atoms with van der Waals surface area (Å²) in [7, 11) is 0. The molecule has 0 amide bonds. The maximum atomic E-state index is 12.9. The van der Waals surface area contributed by atoms with Gasteiger partial charge in [0, 0.05) is 25.2 Å². The number of aromatic nitrogens is 3. The van der Waals surface area contributed by atoms with Crippen molar-refractivity contribution >= 4 is 22.6 Å². The van der Waals surface area contributed by atoms with Crippen molar-refractivity contribution < 1.29 is 9.84 Å². The zero-order valence-corrected chi connectivity index (χ0v) is 16.5. The molecule has 2 aromatic heterocycles. The molecule has 2 N–H and O–H groups in total. The average molecular weight is 403 g/mol. The normalized spacial score (nSPS) is 15.4.